The number of anilines is 3. The maximum absolute atomic E-state index is 8.60. The van der Waals surface area contributed by atoms with Crippen molar-refractivity contribution in [3.63, 3.8) is 0 Å². The summed E-state index contributed by atoms with van der Waals surface area (Å²) in [5.74, 6) is 2.29. The average Bonchev–Trinajstić information content (AvgIpc) is 3.24. The lowest BCUT2D eigenvalue weighted by Crippen LogP contribution is -2.34. The van der Waals surface area contributed by atoms with Crippen LogP contribution in [-0.4, -0.2) is 96.0 Å². The van der Waals surface area contributed by atoms with Crippen molar-refractivity contribution in [1.82, 2.24) is 20.4 Å². The summed E-state index contributed by atoms with van der Waals surface area (Å²) < 4.78 is 0. The van der Waals surface area contributed by atoms with E-state index in [1.807, 2.05) is 55.6 Å². The molecule has 4 aromatic rings. The molecule has 2 heterocycles. The topological polar surface area (TPSA) is 113 Å². The molecule has 0 spiro atoms. The van der Waals surface area contributed by atoms with Crippen molar-refractivity contribution in [3.8, 4) is 0 Å². The normalized spacial score (nSPS) is 15.7. The Kier molecular flexibility index (Phi) is 15.3. The Morgan fingerprint density at radius 2 is 0.931 bits per heavy atom. The van der Waals surface area contributed by atoms with Crippen LogP contribution in [0.3, 0.4) is 0 Å². The van der Waals surface area contributed by atoms with Gasteiger partial charge in [0.25, 0.3) is 0 Å². The van der Waals surface area contributed by atoms with Crippen molar-refractivity contribution in [2.75, 3.05) is 89.3 Å². The lowest BCUT2D eigenvalue weighted by molar-refractivity contribution is 0.173. The largest absolute Gasteiger partial charge is 0.378 e. The van der Waals surface area contributed by atoms with Crippen LogP contribution < -0.4 is 25.4 Å². The molecule has 2 fully saturated rings. The van der Waals surface area contributed by atoms with E-state index < -0.39 is 0 Å². The lowest BCUT2D eigenvalue weighted by Gasteiger charge is -2.32. The Bertz CT molecular complexity index is 1890. The molecule has 0 aromatic heterocycles. The van der Waals surface area contributed by atoms with Gasteiger partial charge in [-0.25, -0.2) is 5.01 Å². The fourth-order valence-electron chi connectivity index (χ4n) is 7.90. The Hall–Kier alpha value is -5.26. The lowest BCUT2D eigenvalue weighted by atomic mass is 9.93. The molecule has 11 heteroatoms. The van der Waals surface area contributed by atoms with Gasteiger partial charge < -0.3 is 20.4 Å². The predicted octanol–water partition coefficient (Wildman–Crippen LogP) is 8.39. The van der Waals surface area contributed by atoms with Crippen molar-refractivity contribution in [3.05, 3.63) is 119 Å². The third-order valence-corrected chi connectivity index (χ3v) is 11.8. The minimum Gasteiger partial charge on any atom is -0.378 e. The number of piperidine rings is 2. The highest BCUT2D eigenvalue weighted by molar-refractivity contribution is 5.97. The second-order valence-electron chi connectivity index (χ2n) is 16.5. The Morgan fingerprint density at radius 1 is 0.552 bits per heavy atom. The predicted molar refractivity (Wildman–Crippen MR) is 242 cm³/mol. The smallest absolute Gasteiger partial charge is 0.125 e. The molecule has 308 valence electrons. The second-order valence-corrected chi connectivity index (χ2v) is 16.5. The van der Waals surface area contributed by atoms with Crippen LogP contribution >= 0.6 is 0 Å². The Labute approximate surface area is 347 Å². The molecule has 0 aliphatic carbocycles. The average molecular weight is 784 g/mol. The van der Waals surface area contributed by atoms with E-state index in [4.69, 9.17) is 10.8 Å². The summed E-state index contributed by atoms with van der Waals surface area (Å²) in [6.07, 6.45) is 7.00. The summed E-state index contributed by atoms with van der Waals surface area (Å²) in [5.41, 5.74) is 8.56. The number of likely N-dealkylation sites (tertiary alicyclic amines) is 2. The minimum atomic E-state index is 0.443. The first-order valence-corrected chi connectivity index (χ1v) is 21.1. The Balaban J connectivity index is 0.841. The van der Waals surface area contributed by atoms with Gasteiger partial charge in [0.2, 0.25) is 0 Å². The first kappa shape index (κ1) is 42.3. The van der Waals surface area contributed by atoms with Gasteiger partial charge in [0.1, 0.15) is 11.7 Å². The van der Waals surface area contributed by atoms with E-state index in [0.29, 0.717) is 23.5 Å². The summed E-state index contributed by atoms with van der Waals surface area (Å²) in [6, 6.07) is 33.3. The van der Waals surface area contributed by atoms with Gasteiger partial charge in [0, 0.05) is 83.9 Å². The van der Waals surface area contributed by atoms with E-state index in [1.54, 1.807) is 5.01 Å². The summed E-state index contributed by atoms with van der Waals surface area (Å²) in [6.45, 7) is 8.18. The molecule has 2 aliphatic heterocycles. The maximum atomic E-state index is 8.60. The molecule has 4 N–H and O–H groups in total. The highest BCUT2D eigenvalue weighted by Crippen LogP contribution is 2.25. The third-order valence-electron chi connectivity index (χ3n) is 11.8. The number of rotatable bonds is 17. The molecule has 4 aromatic carbocycles. The van der Waals surface area contributed by atoms with Gasteiger partial charge in [-0.15, -0.1) is 5.11 Å². The molecule has 0 atom stereocenters. The maximum Gasteiger partial charge on any atom is 0.125 e. The number of nitrogens with zero attached hydrogens (tertiary/aromatic N) is 7. The molecule has 0 unspecified atom stereocenters. The van der Waals surface area contributed by atoms with Crippen LogP contribution in [0.15, 0.2) is 107 Å². The van der Waals surface area contributed by atoms with Gasteiger partial charge in [-0.05, 0) is 160 Å². The molecular formula is C47H65N11. The molecule has 6 rings (SSSR count). The van der Waals surface area contributed by atoms with Gasteiger partial charge in [0.15, 0.2) is 0 Å². The molecule has 11 nitrogen and oxygen atoms in total. The second kappa shape index (κ2) is 20.9. The summed E-state index contributed by atoms with van der Waals surface area (Å²) in [7, 11) is 10.2. The van der Waals surface area contributed by atoms with Crippen LogP contribution in [0.4, 0.5) is 22.7 Å². The summed E-state index contributed by atoms with van der Waals surface area (Å²) >= 11 is 0. The zero-order chi connectivity index (χ0) is 40.9. The summed E-state index contributed by atoms with van der Waals surface area (Å²) in [4.78, 5) is 9.40. The monoisotopic (exact) mass is 784 g/mol. The minimum absolute atomic E-state index is 0.443. The zero-order valence-electron chi connectivity index (χ0n) is 35.4. The number of benzene rings is 4. The number of hydrogen-bond acceptors (Lipinski definition) is 8. The molecular weight excluding hydrogens is 719 g/mol. The van der Waals surface area contributed by atoms with Crippen molar-refractivity contribution >= 4 is 34.4 Å². The zero-order valence-corrected chi connectivity index (χ0v) is 35.4. The van der Waals surface area contributed by atoms with Crippen molar-refractivity contribution in [2.24, 2.45) is 22.2 Å². The number of amidine groups is 2. The molecule has 0 amide bonds. The number of hydrogen-bond donors (Lipinski definition) is 4. The van der Waals surface area contributed by atoms with Gasteiger partial charge in [-0.1, -0.05) is 29.5 Å². The fourth-order valence-corrected chi connectivity index (χ4v) is 7.90. The van der Waals surface area contributed by atoms with Gasteiger partial charge >= 0.3 is 0 Å². The standard InChI is InChI=1S/C47H65N11/c1-54(2)43-16-6-38(7-17-43)34-57-30-24-36(25-31-57)22-28-50-46(48)40-10-14-42(15-11-40)52-53-56(5)45-20-12-41(13-21-45)47(49)51-29-23-37-26-32-58(33-27-37)35-39-8-18-44(19-9-39)55(3)4/h6-21,36-37H,22-35H2,1-5H3,(H2,48,50)(H2,49,51)/b53-52+. The van der Waals surface area contributed by atoms with Crippen LogP contribution in [0.1, 0.15) is 60.8 Å². The molecule has 58 heavy (non-hydrogen) atoms. The van der Waals surface area contributed by atoms with E-state index >= 15 is 0 Å². The van der Waals surface area contributed by atoms with Crippen molar-refractivity contribution in [1.29, 1.82) is 10.8 Å². The molecule has 0 saturated carbocycles. The van der Waals surface area contributed by atoms with Crippen molar-refractivity contribution < 1.29 is 0 Å². The van der Waals surface area contributed by atoms with Crippen LogP contribution in [0.2, 0.25) is 0 Å². The van der Waals surface area contributed by atoms with Gasteiger partial charge in [-0.3, -0.25) is 20.6 Å². The van der Waals surface area contributed by atoms with E-state index in [9.17, 15) is 0 Å². The van der Waals surface area contributed by atoms with E-state index in [-0.39, 0.29) is 0 Å². The summed E-state index contributed by atoms with van der Waals surface area (Å²) in [5, 5.41) is 34.4. The van der Waals surface area contributed by atoms with E-state index in [0.717, 1.165) is 87.7 Å². The first-order chi connectivity index (χ1) is 28.1. The van der Waals surface area contributed by atoms with Gasteiger partial charge in [-0.2, -0.15) is 0 Å². The van der Waals surface area contributed by atoms with Crippen LogP contribution in [-0.2, 0) is 13.1 Å². The third kappa shape index (κ3) is 12.6. The van der Waals surface area contributed by atoms with E-state index in [1.165, 1.54) is 48.2 Å². The van der Waals surface area contributed by atoms with Gasteiger partial charge in [0.05, 0.1) is 11.4 Å². The molecule has 2 saturated heterocycles. The van der Waals surface area contributed by atoms with Crippen LogP contribution in [0, 0.1) is 22.7 Å². The highest BCUT2D eigenvalue weighted by Gasteiger charge is 2.21. The van der Waals surface area contributed by atoms with E-state index in [2.05, 4.69) is 117 Å². The quantitative estimate of drug-likeness (QED) is 0.0369. The first-order valence-electron chi connectivity index (χ1n) is 21.1. The highest BCUT2D eigenvalue weighted by atomic mass is 15.5. The van der Waals surface area contributed by atoms with Crippen LogP contribution in [0.5, 0.6) is 0 Å². The van der Waals surface area contributed by atoms with Crippen LogP contribution in [0.25, 0.3) is 0 Å². The fraction of sp³-hybridized carbons (Fsp3) is 0.447. The van der Waals surface area contributed by atoms with Crippen molar-refractivity contribution in [2.45, 2.75) is 51.6 Å². The SMILES string of the molecule is CN(C)c1ccc(CN2CCC(CCNC(=N)c3ccc(/N=N/N(C)c4ccc(C(=N)NCCC5CCN(Cc6ccc(N(C)C)cc6)CC5)cc4)cc3)CC2)cc1. The number of nitrogens with one attached hydrogen (secondary N) is 4. The Morgan fingerprint density at radius 3 is 1.33 bits per heavy atom. The molecule has 0 bridgehead atoms. The molecule has 2 aliphatic rings. The molecule has 0 radical (unpaired) electrons.